The Morgan fingerprint density at radius 1 is 1.28 bits per heavy atom. The third-order valence-corrected chi connectivity index (χ3v) is 6.13. The number of rotatable bonds is 5. The van der Waals surface area contributed by atoms with Gasteiger partial charge in [-0.2, -0.15) is 4.98 Å². The molecule has 170 valence electrons. The summed E-state index contributed by atoms with van der Waals surface area (Å²) >= 11 is 0. The average Bonchev–Trinajstić information content (AvgIpc) is 3.20. The molecule has 1 saturated heterocycles. The molecular weight excluding hydrogens is 407 g/mol. The van der Waals surface area contributed by atoms with Crippen LogP contribution in [0.25, 0.3) is 0 Å². The topological polar surface area (TPSA) is 73.4 Å². The van der Waals surface area contributed by atoms with E-state index in [1.807, 2.05) is 6.07 Å². The van der Waals surface area contributed by atoms with Gasteiger partial charge in [0.1, 0.15) is 0 Å². The monoisotopic (exact) mass is 438 g/mol. The molecule has 0 bridgehead atoms. The predicted octanol–water partition coefficient (Wildman–Crippen LogP) is 4.06. The number of hydrogen-bond acceptors (Lipinski definition) is 6. The SMILES string of the molecule is C=CC(=O)N1CCCC(Nc2nc(Nc3ccc4c(c3)CN(C(C)(C)C)C4)ncc2F)C1. The number of nitrogens with one attached hydrogen (secondary N) is 2. The van der Waals surface area contributed by atoms with Crippen LogP contribution >= 0.6 is 0 Å². The highest BCUT2D eigenvalue weighted by atomic mass is 19.1. The third kappa shape index (κ3) is 4.91. The molecule has 3 heterocycles. The van der Waals surface area contributed by atoms with E-state index >= 15 is 0 Å². The molecule has 1 atom stereocenters. The number of likely N-dealkylation sites (tertiary alicyclic amines) is 1. The molecule has 2 aromatic rings. The highest BCUT2D eigenvalue weighted by Gasteiger charge is 2.28. The molecule has 4 rings (SSSR count). The van der Waals surface area contributed by atoms with Crippen molar-refractivity contribution in [2.75, 3.05) is 23.7 Å². The lowest BCUT2D eigenvalue weighted by molar-refractivity contribution is -0.127. The molecule has 1 aromatic carbocycles. The van der Waals surface area contributed by atoms with Crippen LogP contribution in [0.2, 0.25) is 0 Å². The number of anilines is 3. The lowest BCUT2D eigenvalue weighted by atomic mass is 10.1. The molecule has 0 radical (unpaired) electrons. The largest absolute Gasteiger partial charge is 0.363 e. The van der Waals surface area contributed by atoms with Crippen molar-refractivity contribution < 1.29 is 9.18 Å². The van der Waals surface area contributed by atoms with Crippen LogP contribution in [0.4, 0.5) is 21.8 Å². The fourth-order valence-electron chi connectivity index (χ4n) is 4.22. The summed E-state index contributed by atoms with van der Waals surface area (Å²) in [5.74, 6) is -0.157. The maximum Gasteiger partial charge on any atom is 0.246 e. The van der Waals surface area contributed by atoms with Gasteiger partial charge in [0.15, 0.2) is 11.6 Å². The standard InChI is InChI=1S/C24H31FN6O/c1-5-21(32)30-10-6-7-19(15-30)27-22-20(25)12-26-23(29-22)28-18-9-8-16-13-31(24(2,3)4)14-17(16)11-18/h5,8-9,11-12,19H,1,6-7,10,13-15H2,2-4H3,(H2,26,27,28,29). The quantitative estimate of drug-likeness (QED) is 0.686. The Kier molecular flexibility index (Phi) is 6.15. The van der Waals surface area contributed by atoms with Crippen LogP contribution in [0.5, 0.6) is 0 Å². The Bertz CT molecular complexity index is 1020. The minimum atomic E-state index is -0.516. The van der Waals surface area contributed by atoms with Gasteiger partial charge >= 0.3 is 0 Å². The summed E-state index contributed by atoms with van der Waals surface area (Å²) < 4.78 is 14.4. The minimum Gasteiger partial charge on any atom is -0.363 e. The second-order valence-corrected chi connectivity index (χ2v) is 9.50. The summed E-state index contributed by atoms with van der Waals surface area (Å²) in [6.07, 6.45) is 4.16. The number of carbonyl (C=O) groups excluding carboxylic acids is 1. The first kappa shape index (κ1) is 22.2. The summed E-state index contributed by atoms with van der Waals surface area (Å²) in [6.45, 7) is 13.2. The average molecular weight is 439 g/mol. The zero-order chi connectivity index (χ0) is 22.9. The number of nitrogens with zero attached hydrogens (tertiary/aromatic N) is 4. The van der Waals surface area contributed by atoms with Crippen molar-refractivity contribution in [2.45, 2.75) is 58.3 Å². The lowest BCUT2D eigenvalue weighted by Gasteiger charge is -2.32. The van der Waals surface area contributed by atoms with Crippen molar-refractivity contribution in [1.29, 1.82) is 0 Å². The predicted molar refractivity (Wildman–Crippen MR) is 124 cm³/mol. The molecule has 2 N–H and O–H groups in total. The molecular formula is C24H31FN6O. The van der Waals surface area contributed by atoms with Gasteiger partial charge in [-0.25, -0.2) is 9.37 Å². The molecule has 8 heteroatoms. The van der Waals surface area contributed by atoms with E-state index in [2.05, 4.69) is 65.0 Å². The molecule has 7 nitrogen and oxygen atoms in total. The molecule has 1 fully saturated rings. The molecule has 1 unspecified atom stereocenters. The summed E-state index contributed by atoms with van der Waals surface area (Å²) in [6, 6.07) is 6.17. The van der Waals surface area contributed by atoms with Crippen molar-refractivity contribution in [3.8, 4) is 0 Å². The molecule has 2 aliphatic rings. The number of carbonyl (C=O) groups is 1. The highest BCUT2D eigenvalue weighted by Crippen LogP contribution is 2.31. The van der Waals surface area contributed by atoms with Gasteiger partial charge in [0, 0.05) is 43.4 Å². The van der Waals surface area contributed by atoms with Gasteiger partial charge in [0.05, 0.1) is 6.20 Å². The summed E-state index contributed by atoms with van der Waals surface area (Å²) in [5.41, 5.74) is 3.58. The van der Waals surface area contributed by atoms with Crippen LogP contribution in [0.3, 0.4) is 0 Å². The third-order valence-electron chi connectivity index (χ3n) is 6.13. The number of amides is 1. The molecule has 0 aliphatic carbocycles. The highest BCUT2D eigenvalue weighted by molar-refractivity contribution is 5.87. The first-order valence-electron chi connectivity index (χ1n) is 11.1. The van der Waals surface area contributed by atoms with Crippen LogP contribution in [0, 0.1) is 5.82 Å². The van der Waals surface area contributed by atoms with E-state index in [1.54, 1.807) is 4.90 Å². The Hall–Kier alpha value is -3.00. The van der Waals surface area contributed by atoms with Gasteiger partial charge in [-0.15, -0.1) is 0 Å². The van der Waals surface area contributed by atoms with E-state index in [-0.39, 0.29) is 23.3 Å². The van der Waals surface area contributed by atoms with Gasteiger partial charge in [-0.1, -0.05) is 12.6 Å². The summed E-state index contributed by atoms with van der Waals surface area (Å²) in [5, 5.41) is 6.35. The molecule has 0 spiro atoms. The van der Waals surface area contributed by atoms with Crippen molar-refractivity contribution in [1.82, 2.24) is 19.8 Å². The van der Waals surface area contributed by atoms with E-state index < -0.39 is 5.82 Å². The first-order chi connectivity index (χ1) is 15.2. The fourth-order valence-corrected chi connectivity index (χ4v) is 4.22. The number of aromatic nitrogens is 2. The Morgan fingerprint density at radius 3 is 2.81 bits per heavy atom. The molecule has 32 heavy (non-hydrogen) atoms. The van der Waals surface area contributed by atoms with E-state index in [0.717, 1.165) is 31.6 Å². The first-order valence-corrected chi connectivity index (χ1v) is 11.1. The molecule has 1 amide bonds. The van der Waals surface area contributed by atoms with Crippen LogP contribution in [-0.2, 0) is 17.9 Å². The van der Waals surface area contributed by atoms with E-state index in [1.165, 1.54) is 23.4 Å². The van der Waals surface area contributed by atoms with E-state index in [0.29, 0.717) is 19.0 Å². The summed E-state index contributed by atoms with van der Waals surface area (Å²) in [7, 11) is 0. The second-order valence-electron chi connectivity index (χ2n) is 9.50. The number of halogens is 1. The summed E-state index contributed by atoms with van der Waals surface area (Å²) in [4.78, 5) is 24.5. The Morgan fingerprint density at radius 2 is 2.06 bits per heavy atom. The van der Waals surface area contributed by atoms with Crippen LogP contribution in [0.15, 0.2) is 37.1 Å². The Balaban J connectivity index is 1.45. The maximum absolute atomic E-state index is 14.4. The maximum atomic E-state index is 14.4. The molecule has 2 aliphatic heterocycles. The number of hydrogen-bond donors (Lipinski definition) is 2. The minimum absolute atomic E-state index is 0.0757. The second kappa shape index (κ2) is 8.86. The van der Waals surface area contributed by atoms with Crippen LogP contribution in [0.1, 0.15) is 44.7 Å². The van der Waals surface area contributed by atoms with Crippen molar-refractivity contribution in [2.24, 2.45) is 0 Å². The normalized spacial score (nSPS) is 18.9. The Labute approximate surface area is 188 Å². The van der Waals surface area contributed by atoms with Gasteiger partial charge in [-0.05, 0) is 62.9 Å². The zero-order valence-electron chi connectivity index (χ0n) is 19.0. The van der Waals surface area contributed by atoms with E-state index in [4.69, 9.17) is 0 Å². The van der Waals surface area contributed by atoms with E-state index in [9.17, 15) is 9.18 Å². The van der Waals surface area contributed by atoms with Crippen LogP contribution < -0.4 is 10.6 Å². The fraction of sp³-hybridized carbons (Fsp3) is 0.458. The molecule has 1 aromatic heterocycles. The van der Waals surface area contributed by atoms with Gasteiger partial charge in [0.2, 0.25) is 11.9 Å². The van der Waals surface area contributed by atoms with Crippen molar-refractivity contribution in [3.63, 3.8) is 0 Å². The van der Waals surface area contributed by atoms with Gasteiger partial charge in [-0.3, -0.25) is 9.69 Å². The van der Waals surface area contributed by atoms with Crippen molar-refractivity contribution >= 4 is 23.4 Å². The molecule has 0 saturated carbocycles. The van der Waals surface area contributed by atoms with Crippen LogP contribution in [-0.4, -0.2) is 50.3 Å². The zero-order valence-corrected chi connectivity index (χ0v) is 19.0. The smallest absolute Gasteiger partial charge is 0.246 e. The lowest BCUT2D eigenvalue weighted by Crippen LogP contribution is -2.44. The van der Waals surface area contributed by atoms with Gasteiger partial charge in [0.25, 0.3) is 0 Å². The number of benzene rings is 1. The number of piperidine rings is 1. The van der Waals surface area contributed by atoms with Crippen molar-refractivity contribution in [3.05, 3.63) is 54.0 Å². The number of fused-ring (bicyclic) bond motifs is 1. The van der Waals surface area contributed by atoms with Gasteiger partial charge < -0.3 is 15.5 Å².